The highest BCUT2D eigenvalue weighted by atomic mass is 32.2. The standard InChI is InChI=1S/C17H23N3O3S/c1-13-11-14-5-3-4-6-16(14)20(13)12-17(21)19-9-7-15(8-10-19)18-24(2,22)23/h3-6,11,15,18H,7-10,12H2,1-2H3. The third-order valence-electron chi connectivity index (χ3n) is 4.54. The molecule has 0 unspecified atom stereocenters. The summed E-state index contributed by atoms with van der Waals surface area (Å²) in [5, 5.41) is 1.14. The summed E-state index contributed by atoms with van der Waals surface area (Å²) in [5.74, 6) is 0.0808. The topological polar surface area (TPSA) is 71.4 Å². The summed E-state index contributed by atoms with van der Waals surface area (Å²) < 4.78 is 27.3. The number of amides is 1. The number of fused-ring (bicyclic) bond motifs is 1. The summed E-state index contributed by atoms with van der Waals surface area (Å²) in [6.45, 7) is 3.51. The van der Waals surface area contributed by atoms with Crippen molar-refractivity contribution in [2.24, 2.45) is 0 Å². The molecule has 0 spiro atoms. The quantitative estimate of drug-likeness (QED) is 0.909. The lowest BCUT2D eigenvalue weighted by atomic mass is 10.1. The number of aromatic nitrogens is 1. The number of sulfonamides is 1. The molecule has 1 N–H and O–H groups in total. The molecule has 6 nitrogen and oxygen atoms in total. The normalized spacial score (nSPS) is 16.7. The van der Waals surface area contributed by atoms with E-state index in [4.69, 9.17) is 0 Å². The largest absolute Gasteiger partial charge is 0.341 e. The number of carbonyl (C=O) groups excluding carboxylic acids is 1. The average molecular weight is 349 g/mol. The first kappa shape index (κ1) is 17.0. The summed E-state index contributed by atoms with van der Waals surface area (Å²) in [7, 11) is -3.19. The minimum Gasteiger partial charge on any atom is -0.341 e. The van der Waals surface area contributed by atoms with Crippen LogP contribution in [0.4, 0.5) is 0 Å². The van der Waals surface area contributed by atoms with Crippen molar-refractivity contribution in [3.8, 4) is 0 Å². The molecule has 1 aliphatic rings. The number of aryl methyl sites for hydroxylation is 1. The van der Waals surface area contributed by atoms with Gasteiger partial charge in [-0.05, 0) is 37.3 Å². The Bertz CT molecular complexity index is 849. The van der Waals surface area contributed by atoms with Crippen molar-refractivity contribution in [2.45, 2.75) is 32.4 Å². The Morgan fingerprint density at radius 3 is 2.58 bits per heavy atom. The maximum Gasteiger partial charge on any atom is 0.242 e. The van der Waals surface area contributed by atoms with Crippen LogP contribution < -0.4 is 4.72 Å². The lowest BCUT2D eigenvalue weighted by Crippen LogP contribution is -2.47. The monoisotopic (exact) mass is 349 g/mol. The van der Waals surface area contributed by atoms with Crippen molar-refractivity contribution >= 4 is 26.8 Å². The maximum atomic E-state index is 12.6. The summed E-state index contributed by atoms with van der Waals surface area (Å²) >= 11 is 0. The number of hydrogen-bond donors (Lipinski definition) is 1. The Kier molecular flexibility index (Phi) is 4.64. The van der Waals surface area contributed by atoms with Gasteiger partial charge in [-0.1, -0.05) is 18.2 Å². The highest BCUT2D eigenvalue weighted by molar-refractivity contribution is 7.88. The number of hydrogen-bond acceptors (Lipinski definition) is 3. The van der Waals surface area contributed by atoms with E-state index in [9.17, 15) is 13.2 Å². The van der Waals surface area contributed by atoms with Crippen molar-refractivity contribution in [1.82, 2.24) is 14.2 Å². The molecule has 0 radical (unpaired) electrons. The van der Waals surface area contributed by atoms with Crippen LogP contribution >= 0.6 is 0 Å². The van der Waals surface area contributed by atoms with Crippen LogP contribution in [0.2, 0.25) is 0 Å². The minimum absolute atomic E-state index is 0.0711. The Morgan fingerprint density at radius 1 is 1.25 bits per heavy atom. The van der Waals surface area contributed by atoms with E-state index in [0.29, 0.717) is 32.5 Å². The lowest BCUT2D eigenvalue weighted by Gasteiger charge is -2.32. The van der Waals surface area contributed by atoms with Crippen LogP contribution in [-0.4, -0.2) is 49.2 Å². The number of para-hydroxylation sites is 1. The van der Waals surface area contributed by atoms with E-state index < -0.39 is 10.0 Å². The third-order valence-corrected chi connectivity index (χ3v) is 5.30. The van der Waals surface area contributed by atoms with E-state index in [2.05, 4.69) is 10.8 Å². The van der Waals surface area contributed by atoms with E-state index in [1.54, 1.807) is 0 Å². The molecular weight excluding hydrogens is 326 g/mol. The lowest BCUT2D eigenvalue weighted by molar-refractivity contribution is -0.132. The SMILES string of the molecule is Cc1cc2ccccc2n1CC(=O)N1CCC(NS(C)(=O)=O)CC1. The van der Waals surface area contributed by atoms with Gasteiger partial charge in [0.2, 0.25) is 15.9 Å². The number of likely N-dealkylation sites (tertiary alicyclic amines) is 1. The molecule has 0 atom stereocenters. The summed E-state index contributed by atoms with van der Waals surface area (Å²) in [4.78, 5) is 14.4. The first-order chi connectivity index (χ1) is 11.3. The molecule has 130 valence electrons. The molecule has 0 bridgehead atoms. The second-order valence-corrected chi connectivity index (χ2v) is 8.26. The summed E-state index contributed by atoms with van der Waals surface area (Å²) in [6.07, 6.45) is 2.49. The molecule has 1 saturated heterocycles. The number of nitrogens with zero attached hydrogens (tertiary/aromatic N) is 2. The number of piperidine rings is 1. The third kappa shape index (κ3) is 3.79. The molecule has 1 amide bonds. The predicted molar refractivity (Wildman–Crippen MR) is 94.3 cm³/mol. The van der Waals surface area contributed by atoms with Crippen LogP contribution in [0.3, 0.4) is 0 Å². The van der Waals surface area contributed by atoms with Gasteiger partial charge in [0.05, 0.1) is 6.26 Å². The summed E-state index contributed by atoms with van der Waals surface area (Å²) in [6, 6.07) is 10.1. The van der Waals surface area contributed by atoms with Crippen LogP contribution in [0, 0.1) is 6.92 Å². The van der Waals surface area contributed by atoms with Crippen LogP contribution in [0.5, 0.6) is 0 Å². The van der Waals surface area contributed by atoms with Gasteiger partial charge in [0.15, 0.2) is 0 Å². The zero-order chi connectivity index (χ0) is 17.3. The van der Waals surface area contributed by atoms with Gasteiger partial charge in [-0.15, -0.1) is 0 Å². The van der Waals surface area contributed by atoms with Gasteiger partial charge in [-0.3, -0.25) is 4.79 Å². The zero-order valence-corrected chi connectivity index (χ0v) is 14.8. The van der Waals surface area contributed by atoms with Gasteiger partial charge in [0.25, 0.3) is 0 Å². The first-order valence-electron chi connectivity index (χ1n) is 8.13. The van der Waals surface area contributed by atoms with Crippen LogP contribution in [-0.2, 0) is 21.4 Å². The van der Waals surface area contributed by atoms with E-state index in [1.807, 2.05) is 40.7 Å². The second-order valence-electron chi connectivity index (χ2n) is 6.48. The van der Waals surface area contributed by atoms with Gasteiger partial charge < -0.3 is 9.47 Å². The molecule has 24 heavy (non-hydrogen) atoms. The van der Waals surface area contributed by atoms with Crippen molar-refractivity contribution in [3.05, 3.63) is 36.0 Å². The number of rotatable bonds is 4. The van der Waals surface area contributed by atoms with Crippen molar-refractivity contribution in [3.63, 3.8) is 0 Å². The Labute approximate surface area is 142 Å². The fourth-order valence-corrected chi connectivity index (χ4v) is 4.18. The predicted octanol–water partition coefficient (Wildman–Crippen LogP) is 1.49. The van der Waals surface area contributed by atoms with Crippen LogP contribution in [0.25, 0.3) is 10.9 Å². The zero-order valence-electron chi connectivity index (χ0n) is 14.0. The Balaban J connectivity index is 1.65. The van der Waals surface area contributed by atoms with Gasteiger partial charge in [-0.2, -0.15) is 0 Å². The van der Waals surface area contributed by atoms with Crippen molar-refractivity contribution < 1.29 is 13.2 Å². The maximum absolute atomic E-state index is 12.6. The number of benzene rings is 1. The Morgan fingerprint density at radius 2 is 1.92 bits per heavy atom. The molecule has 7 heteroatoms. The Hall–Kier alpha value is -1.86. The van der Waals surface area contributed by atoms with Crippen molar-refractivity contribution in [2.75, 3.05) is 19.3 Å². The van der Waals surface area contributed by atoms with Crippen LogP contribution in [0.15, 0.2) is 30.3 Å². The smallest absolute Gasteiger partial charge is 0.242 e. The number of nitrogens with one attached hydrogen (secondary N) is 1. The van der Waals surface area contributed by atoms with Gasteiger partial charge in [0, 0.05) is 30.3 Å². The van der Waals surface area contributed by atoms with E-state index in [1.165, 1.54) is 6.26 Å². The fourth-order valence-electron chi connectivity index (χ4n) is 3.34. The first-order valence-corrected chi connectivity index (χ1v) is 10.0. The van der Waals surface area contributed by atoms with E-state index in [-0.39, 0.29) is 11.9 Å². The van der Waals surface area contributed by atoms with Gasteiger partial charge in [-0.25, -0.2) is 13.1 Å². The number of carbonyl (C=O) groups is 1. The minimum atomic E-state index is -3.19. The molecule has 1 aromatic carbocycles. The van der Waals surface area contributed by atoms with E-state index in [0.717, 1.165) is 16.6 Å². The van der Waals surface area contributed by atoms with Crippen LogP contribution in [0.1, 0.15) is 18.5 Å². The molecule has 2 heterocycles. The van der Waals surface area contributed by atoms with Gasteiger partial charge >= 0.3 is 0 Å². The molecule has 0 aliphatic carbocycles. The van der Waals surface area contributed by atoms with Gasteiger partial charge in [0.1, 0.15) is 6.54 Å². The second kappa shape index (κ2) is 6.57. The van der Waals surface area contributed by atoms with E-state index >= 15 is 0 Å². The molecule has 1 fully saturated rings. The summed E-state index contributed by atoms with van der Waals surface area (Å²) in [5.41, 5.74) is 2.13. The molecule has 2 aromatic rings. The highest BCUT2D eigenvalue weighted by Gasteiger charge is 2.25. The van der Waals surface area contributed by atoms with Crippen molar-refractivity contribution in [1.29, 1.82) is 0 Å². The molecule has 1 aromatic heterocycles. The average Bonchev–Trinajstić information content (AvgIpc) is 2.82. The molecule has 1 aliphatic heterocycles. The molecule has 3 rings (SSSR count). The molecule has 0 saturated carbocycles. The molecular formula is C17H23N3O3S. The highest BCUT2D eigenvalue weighted by Crippen LogP contribution is 2.20. The fraction of sp³-hybridized carbons (Fsp3) is 0.471.